The molecule has 0 bridgehead atoms. The van der Waals surface area contributed by atoms with Crippen molar-refractivity contribution in [3.8, 4) is 5.75 Å². The molecule has 6 nitrogen and oxygen atoms in total. The van der Waals surface area contributed by atoms with Gasteiger partial charge in [0.1, 0.15) is 5.75 Å². The molecule has 2 aromatic carbocycles. The van der Waals surface area contributed by atoms with Crippen LogP contribution < -0.4 is 10.1 Å². The first-order valence-electron chi connectivity index (χ1n) is 7.27. The summed E-state index contributed by atoms with van der Waals surface area (Å²) in [5.41, 5.74) is -1.87. The number of rotatable bonds is 5. The number of carbonyl (C=O) groups is 1. The molecule has 1 N–H and O–H groups in total. The smallest absolute Gasteiger partial charge is 0.418 e. The summed E-state index contributed by atoms with van der Waals surface area (Å²) in [7, 11) is 0. The van der Waals surface area contributed by atoms with Crippen molar-refractivity contribution in [1.82, 2.24) is 0 Å². The van der Waals surface area contributed by atoms with Gasteiger partial charge < -0.3 is 10.1 Å². The number of alkyl halides is 3. The van der Waals surface area contributed by atoms with E-state index in [4.69, 9.17) is 27.9 Å². The molecule has 0 aliphatic carbocycles. The molecular weight excluding hydrogens is 412 g/mol. The van der Waals surface area contributed by atoms with E-state index in [0.717, 1.165) is 18.2 Å². The molecule has 0 aliphatic heterocycles. The van der Waals surface area contributed by atoms with Crippen LogP contribution in [0.5, 0.6) is 5.75 Å². The molecule has 0 saturated carbocycles. The number of hydrogen-bond acceptors (Lipinski definition) is 4. The summed E-state index contributed by atoms with van der Waals surface area (Å²) in [5, 5.41) is 12.5. The third kappa shape index (κ3) is 5.24. The van der Waals surface area contributed by atoms with Gasteiger partial charge in [-0.3, -0.25) is 14.9 Å². The van der Waals surface area contributed by atoms with Gasteiger partial charge in [-0.15, -0.1) is 0 Å². The molecule has 11 heteroatoms. The topological polar surface area (TPSA) is 81.5 Å². The van der Waals surface area contributed by atoms with E-state index in [1.165, 1.54) is 19.1 Å². The van der Waals surface area contributed by atoms with Gasteiger partial charge in [0.15, 0.2) is 6.10 Å². The zero-order valence-electron chi connectivity index (χ0n) is 13.5. The van der Waals surface area contributed by atoms with Crippen LogP contribution in [-0.2, 0) is 11.0 Å². The molecule has 0 aliphatic rings. The van der Waals surface area contributed by atoms with Crippen LogP contribution in [0.4, 0.5) is 24.5 Å². The largest absolute Gasteiger partial charge is 0.479 e. The summed E-state index contributed by atoms with van der Waals surface area (Å²) in [5.74, 6) is -0.908. The first kappa shape index (κ1) is 20.8. The van der Waals surface area contributed by atoms with E-state index in [1.807, 2.05) is 0 Å². The molecule has 1 atom stereocenters. The Morgan fingerprint density at radius 2 is 1.89 bits per heavy atom. The Balaban J connectivity index is 2.16. The first-order chi connectivity index (χ1) is 12.5. The highest BCUT2D eigenvalue weighted by Gasteiger charge is 2.34. The van der Waals surface area contributed by atoms with E-state index in [2.05, 4.69) is 5.32 Å². The minimum atomic E-state index is -4.72. The Hall–Kier alpha value is -2.52. The number of benzene rings is 2. The average molecular weight is 423 g/mol. The second kappa shape index (κ2) is 8.01. The van der Waals surface area contributed by atoms with Gasteiger partial charge in [0.25, 0.3) is 11.6 Å². The number of nitro benzene ring substituents is 1. The fourth-order valence-corrected chi connectivity index (χ4v) is 2.43. The molecule has 0 heterocycles. The van der Waals surface area contributed by atoms with Crippen LogP contribution in [0.15, 0.2) is 36.4 Å². The summed E-state index contributed by atoms with van der Waals surface area (Å²) in [6.07, 6.45) is -5.96. The number of nitrogens with one attached hydrogen (secondary N) is 1. The normalized spacial score (nSPS) is 12.4. The lowest BCUT2D eigenvalue weighted by atomic mass is 10.1. The molecule has 0 spiro atoms. The Bertz CT molecular complexity index is 890. The Labute approximate surface area is 161 Å². The van der Waals surface area contributed by atoms with E-state index < -0.39 is 34.4 Å². The maximum Gasteiger partial charge on any atom is 0.418 e. The van der Waals surface area contributed by atoms with E-state index in [1.54, 1.807) is 0 Å². The lowest BCUT2D eigenvalue weighted by molar-refractivity contribution is -0.384. The van der Waals surface area contributed by atoms with Crippen molar-refractivity contribution in [2.75, 3.05) is 5.32 Å². The standard InChI is InChI=1S/C16H11Cl2F3N2O4/c1-8(27-14-5-3-10(23(25)26)7-12(14)18)15(24)22-13-4-2-9(17)6-11(13)16(19,20)21/h2-8H,1H3,(H,22,24)/t8-/m0/s1. The van der Waals surface area contributed by atoms with E-state index in [-0.39, 0.29) is 21.5 Å². The second-order valence-corrected chi connectivity index (χ2v) is 6.15. The van der Waals surface area contributed by atoms with Crippen LogP contribution in [0, 0.1) is 10.1 Å². The quantitative estimate of drug-likeness (QED) is 0.521. The highest BCUT2D eigenvalue weighted by Crippen LogP contribution is 2.36. The number of carbonyl (C=O) groups excluding carboxylic acids is 1. The molecule has 0 saturated heterocycles. The van der Waals surface area contributed by atoms with Gasteiger partial charge in [0.2, 0.25) is 0 Å². The Morgan fingerprint density at radius 1 is 1.22 bits per heavy atom. The zero-order chi connectivity index (χ0) is 20.4. The molecule has 0 aromatic heterocycles. The van der Waals surface area contributed by atoms with Gasteiger partial charge in [0, 0.05) is 17.2 Å². The predicted octanol–water partition coefficient (Wildman–Crippen LogP) is 5.33. The van der Waals surface area contributed by atoms with Gasteiger partial charge in [-0.2, -0.15) is 13.2 Å². The fraction of sp³-hybridized carbons (Fsp3) is 0.188. The van der Waals surface area contributed by atoms with Gasteiger partial charge >= 0.3 is 6.18 Å². The average Bonchev–Trinajstić information content (AvgIpc) is 2.57. The monoisotopic (exact) mass is 422 g/mol. The predicted molar refractivity (Wildman–Crippen MR) is 93.3 cm³/mol. The fourth-order valence-electron chi connectivity index (χ4n) is 2.04. The molecular formula is C16H11Cl2F3N2O4. The summed E-state index contributed by atoms with van der Waals surface area (Å²) < 4.78 is 44.5. The summed E-state index contributed by atoms with van der Waals surface area (Å²) in [4.78, 5) is 22.2. The number of anilines is 1. The zero-order valence-corrected chi connectivity index (χ0v) is 15.0. The number of amides is 1. The number of nitrogens with zero attached hydrogens (tertiary/aromatic N) is 1. The highest BCUT2D eigenvalue weighted by molar-refractivity contribution is 6.32. The van der Waals surface area contributed by atoms with Crippen molar-refractivity contribution in [1.29, 1.82) is 0 Å². The number of non-ortho nitro benzene ring substituents is 1. The molecule has 0 unspecified atom stereocenters. The van der Waals surface area contributed by atoms with Crippen LogP contribution in [0.2, 0.25) is 10.0 Å². The maximum atomic E-state index is 13.1. The van der Waals surface area contributed by atoms with Gasteiger partial charge in [-0.25, -0.2) is 0 Å². The van der Waals surface area contributed by atoms with Crippen LogP contribution in [0.1, 0.15) is 12.5 Å². The van der Waals surface area contributed by atoms with Crippen molar-refractivity contribution in [3.05, 3.63) is 62.1 Å². The van der Waals surface area contributed by atoms with E-state index in [9.17, 15) is 28.1 Å². The van der Waals surface area contributed by atoms with Crippen molar-refractivity contribution in [3.63, 3.8) is 0 Å². The van der Waals surface area contributed by atoms with Gasteiger partial charge in [-0.1, -0.05) is 23.2 Å². The summed E-state index contributed by atoms with van der Waals surface area (Å²) in [6, 6.07) is 6.25. The minimum absolute atomic E-state index is 0.0305. The van der Waals surface area contributed by atoms with Crippen LogP contribution in [0.3, 0.4) is 0 Å². The van der Waals surface area contributed by atoms with Crippen LogP contribution >= 0.6 is 23.2 Å². The number of nitro groups is 1. The van der Waals surface area contributed by atoms with E-state index in [0.29, 0.717) is 6.07 Å². The molecule has 0 fully saturated rings. The molecule has 27 heavy (non-hydrogen) atoms. The lowest BCUT2D eigenvalue weighted by Gasteiger charge is -2.18. The number of halogens is 5. The molecule has 144 valence electrons. The van der Waals surface area contributed by atoms with Crippen LogP contribution in [-0.4, -0.2) is 16.9 Å². The number of hydrogen-bond donors (Lipinski definition) is 1. The molecule has 2 rings (SSSR count). The minimum Gasteiger partial charge on any atom is -0.479 e. The summed E-state index contributed by atoms with van der Waals surface area (Å²) in [6.45, 7) is 1.29. The first-order valence-corrected chi connectivity index (χ1v) is 8.03. The lowest BCUT2D eigenvalue weighted by Crippen LogP contribution is -2.31. The van der Waals surface area contributed by atoms with Crippen LogP contribution in [0.25, 0.3) is 0 Å². The number of ether oxygens (including phenoxy) is 1. The molecule has 1 amide bonds. The third-order valence-corrected chi connectivity index (χ3v) is 3.87. The Morgan fingerprint density at radius 3 is 2.44 bits per heavy atom. The van der Waals surface area contributed by atoms with Gasteiger partial charge in [0.05, 0.1) is 21.2 Å². The van der Waals surface area contributed by atoms with Crippen molar-refractivity contribution < 1.29 is 27.6 Å². The maximum absolute atomic E-state index is 13.1. The third-order valence-electron chi connectivity index (χ3n) is 3.34. The SMILES string of the molecule is C[C@H](Oc1ccc([N+](=O)[O-])cc1Cl)C(=O)Nc1ccc(Cl)cc1C(F)(F)F. The summed E-state index contributed by atoms with van der Waals surface area (Å²) >= 11 is 11.4. The molecule has 0 radical (unpaired) electrons. The second-order valence-electron chi connectivity index (χ2n) is 5.31. The van der Waals surface area contributed by atoms with Crippen molar-refractivity contribution >= 4 is 40.5 Å². The van der Waals surface area contributed by atoms with Crippen molar-refractivity contribution in [2.45, 2.75) is 19.2 Å². The Kier molecular flexibility index (Phi) is 6.17. The van der Waals surface area contributed by atoms with Gasteiger partial charge in [-0.05, 0) is 31.2 Å². The highest BCUT2D eigenvalue weighted by atomic mass is 35.5. The van der Waals surface area contributed by atoms with E-state index >= 15 is 0 Å². The van der Waals surface area contributed by atoms with Crippen molar-refractivity contribution in [2.24, 2.45) is 0 Å². The molecule has 2 aromatic rings.